The molecule has 0 saturated carbocycles. The maximum atomic E-state index is 12.4. The van der Waals surface area contributed by atoms with Crippen molar-refractivity contribution < 1.29 is 9.90 Å². The zero-order valence-corrected chi connectivity index (χ0v) is 19.7. The molecule has 0 radical (unpaired) electrons. The van der Waals surface area contributed by atoms with E-state index in [1.54, 1.807) is 0 Å². The van der Waals surface area contributed by atoms with Gasteiger partial charge < -0.3 is 10.4 Å². The molecule has 0 spiro atoms. The van der Waals surface area contributed by atoms with Crippen molar-refractivity contribution in [1.82, 2.24) is 5.32 Å². The molecule has 1 unspecified atom stereocenters. The summed E-state index contributed by atoms with van der Waals surface area (Å²) in [4.78, 5) is 12.4. The van der Waals surface area contributed by atoms with E-state index in [2.05, 4.69) is 79.8 Å². The van der Waals surface area contributed by atoms with Crippen molar-refractivity contribution in [2.45, 2.75) is 111 Å². The highest BCUT2D eigenvalue weighted by molar-refractivity contribution is 5.76. The summed E-state index contributed by atoms with van der Waals surface area (Å²) in [6.45, 7) is 19.3. The van der Waals surface area contributed by atoms with Gasteiger partial charge in [0, 0.05) is 12.5 Å². The molecule has 1 amide bonds. The van der Waals surface area contributed by atoms with Crippen LogP contribution in [0.3, 0.4) is 0 Å². The van der Waals surface area contributed by atoms with Crippen LogP contribution < -0.4 is 5.32 Å². The van der Waals surface area contributed by atoms with Gasteiger partial charge in [-0.1, -0.05) is 80.4 Å². The first kappa shape index (κ1) is 24.5. The number of phenolic OH excluding ortho intramolecular Hbond substituents is 1. The fraction of sp³-hybridized carbons (Fsp3) is 0.720. The van der Waals surface area contributed by atoms with Gasteiger partial charge in [0.25, 0.3) is 0 Å². The van der Waals surface area contributed by atoms with Crippen molar-refractivity contribution in [1.29, 1.82) is 0 Å². The minimum atomic E-state index is -0.146. The van der Waals surface area contributed by atoms with Crippen molar-refractivity contribution in [3.05, 3.63) is 28.8 Å². The number of hydrogen-bond acceptors (Lipinski definition) is 2. The van der Waals surface area contributed by atoms with E-state index in [1.807, 2.05) is 0 Å². The number of phenols is 1. The standard InChI is InChI=1S/C25H43NO2/c1-17(2)11-10-12-18(3)26-22(27)14-13-19-15-20(24(4,5)6)23(28)21(16-19)25(7,8)9/h15-18,28H,10-14H2,1-9H3,(H,26,27). The van der Waals surface area contributed by atoms with Crippen LogP contribution in [0.25, 0.3) is 0 Å². The summed E-state index contributed by atoms with van der Waals surface area (Å²) >= 11 is 0. The molecular formula is C25H43NO2. The van der Waals surface area contributed by atoms with E-state index < -0.39 is 0 Å². The summed E-state index contributed by atoms with van der Waals surface area (Å²) in [5, 5.41) is 14.0. The molecule has 28 heavy (non-hydrogen) atoms. The van der Waals surface area contributed by atoms with E-state index >= 15 is 0 Å². The zero-order chi connectivity index (χ0) is 21.7. The third kappa shape index (κ3) is 7.85. The van der Waals surface area contributed by atoms with Crippen LogP contribution >= 0.6 is 0 Å². The van der Waals surface area contributed by atoms with Crippen LogP contribution in [0.1, 0.15) is 105 Å². The molecule has 0 saturated heterocycles. The molecule has 0 heterocycles. The maximum Gasteiger partial charge on any atom is 0.220 e. The summed E-state index contributed by atoms with van der Waals surface area (Å²) in [5.41, 5.74) is 2.74. The number of aromatic hydroxyl groups is 1. The van der Waals surface area contributed by atoms with Crippen LogP contribution in [-0.2, 0) is 22.0 Å². The molecule has 1 atom stereocenters. The highest BCUT2D eigenvalue weighted by Crippen LogP contribution is 2.39. The Balaban J connectivity index is 2.82. The highest BCUT2D eigenvalue weighted by Gasteiger charge is 2.26. The fourth-order valence-corrected chi connectivity index (χ4v) is 3.49. The van der Waals surface area contributed by atoms with Crippen molar-refractivity contribution >= 4 is 5.91 Å². The van der Waals surface area contributed by atoms with E-state index in [9.17, 15) is 9.90 Å². The van der Waals surface area contributed by atoms with Crippen molar-refractivity contribution in [2.75, 3.05) is 0 Å². The number of aryl methyl sites for hydroxylation is 1. The van der Waals surface area contributed by atoms with E-state index in [0.717, 1.165) is 29.5 Å². The zero-order valence-electron chi connectivity index (χ0n) is 19.7. The van der Waals surface area contributed by atoms with Crippen LogP contribution in [0.15, 0.2) is 12.1 Å². The average Bonchev–Trinajstić information content (AvgIpc) is 2.51. The molecule has 0 aromatic heterocycles. The Morgan fingerprint density at radius 1 is 0.964 bits per heavy atom. The van der Waals surface area contributed by atoms with Crippen LogP contribution in [0.4, 0.5) is 0 Å². The Morgan fingerprint density at radius 2 is 1.46 bits per heavy atom. The highest BCUT2D eigenvalue weighted by atomic mass is 16.3. The maximum absolute atomic E-state index is 12.4. The molecule has 0 bridgehead atoms. The van der Waals surface area contributed by atoms with Crippen molar-refractivity contribution in [3.8, 4) is 5.75 Å². The molecule has 0 aliphatic heterocycles. The second-order valence-corrected chi connectivity index (χ2v) is 10.8. The summed E-state index contributed by atoms with van der Waals surface area (Å²) in [7, 11) is 0. The lowest BCUT2D eigenvalue weighted by atomic mass is 9.78. The Bertz CT molecular complexity index is 612. The van der Waals surface area contributed by atoms with Gasteiger partial charge in [-0.25, -0.2) is 0 Å². The number of nitrogens with one attached hydrogen (secondary N) is 1. The monoisotopic (exact) mass is 389 g/mol. The number of amides is 1. The topological polar surface area (TPSA) is 49.3 Å². The van der Waals surface area contributed by atoms with Gasteiger partial charge in [-0.2, -0.15) is 0 Å². The number of carbonyl (C=O) groups is 1. The molecule has 160 valence electrons. The van der Waals surface area contributed by atoms with E-state index in [0.29, 0.717) is 24.5 Å². The lowest BCUT2D eigenvalue weighted by molar-refractivity contribution is -0.121. The Kier molecular flexibility index (Phi) is 8.59. The average molecular weight is 390 g/mol. The minimum Gasteiger partial charge on any atom is -0.507 e. The van der Waals surface area contributed by atoms with Gasteiger partial charge in [-0.15, -0.1) is 0 Å². The molecule has 0 fully saturated rings. The third-order valence-electron chi connectivity index (χ3n) is 5.25. The summed E-state index contributed by atoms with van der Waals surface area (Å²) in [5.74, 6) is 1.22. The molecular weight excluding hydrogens is 346 g/mol. The first-order chi connectivity index (χ1) is 12.7. The molecule has 3 heteroatoms. The van der Waals surface area contributed by atoms with Crippen molar-refractivity contribution in [3.63, 3.8) is 0 Å². The van der Waals surface area contributed by atoms with Gasteiger partial charge in [-0.3, -0.25) is 4.79 Å². The van der Waals surface area contributed by atoms with Gasteiger partial charge in [0.15, 0.2) is 0 Å². The van der Waals surface area contributed by atoms with Crippen LogP contribution in [-0.4, -0.2) is 17.1 Å². The molecule has 0 aliphatic carbocycles. The van der Waals surface area contributed by atoms with E-state index in [4.69, 9.17) is 0 Å². The Morgan fingerprint density at radius 3 is 1.89 bits per heavy atom. The molecule has 1 aromatic carbocycles. The summed E-state index contributed by atoms with van der Waals surface area (Å²) < 4.78 is 0. The number of rotatable bonds is 8. The Hall–Kier alpha value is -1.51. The first-order valence-electron chi connectivity index (χ1n) is 10.9. The largest absolute Gasteiger partial charge is 0.507 e. The number of carbonyl (C=O) groups excluding carboxylic acids is 1. The summed E-state index contributed by atoms with van der Waals surface area (Å²) in [6, 6.07) is 4.37. The van der Waals surface area contributed by atoms with E-state index in [1.165, 1.54) is 6.42 Å². The predicted octanol–water partition coefficient (Wildman–Crippen LogP) is 6.25. The Labute approximate surface area is 173 Å². The fourth-order valence-electron chi connectivity index (χ4n) is 3.49. The van der Waals surface area contributed by atoms with Gasteiger partial charge in [0.2, 0.25) is 5.91 Å². The van der Waals surface area contributed by atoms with Crippen molar-refractivity contribution in [2.24, 2.45) is 5.92 Å². The molecule has 1 aromatic rings. The predicted molar refractivity (Wildman–Crippen MR) is 120 cm³/mol. The molecule has 1 rings (SSSR count). The molecule has 2 N–H and O–H groups in total. The van der Waals surface area contributed by atoms with Gasteiger partial charge in [-0.05, 0) is 53.2 Å². The van der Waals surface area contributed by atoms with Crippen LogP contribution in [0.5, 0.6) is 5.75 Å². The van der Waals surface area contributed by atoms with Gasteiger partial charge >= 0.3 is 0 Å². The van der Waals surface area contributed by atoms with Crippen LogP contribution in [0, 0.1) is 5.92 Å². The smallest absolute Gasteiger partial charge is 0.220 e. The second kappa shape index (κ2) is 9.80. The SMILES string of the molecule is CC(C)CCCC(C)NC(=O)CCc1cc(C(C)(C)C)c(O)c(C(C)(C)C)c1. The first-order valence-corrected chi connectivity index (χ1v) is 10.9. The van der Waals surface area contributed by atoms with Crippen LogP contribution in [0.2, 0.25) is 0 Å². The molecule has 3 nitrogen and oxygen atoms in total. The number of benzene rings is 1. The van der Waals surface area contributed by atoms with Gasteiger partial charge in [0.05, 0.1) is 0 Å². The minimum absolute atomic E-state index is 0.111. The second-order valence-electron chi connectivity index (χ2n) is 10.8. The normalized spacial score (nSPS) is 13.6. The lowest BCUT2D eigenvalue weighted by Crippen LogP contribution is -2.32. The van der Waals surface area contributed by atoms with E-state index in [-0.39, 0.29) is 22.8 Å². The third-order valence-corrected chi connectivity index (χ3v) is 5.25. The summed E-state index contributed by atoms with van der Waals surface area (Å²) in [6.07, 6.45) is 4.56. The van der Waals surface area contributed by atoms with Gasteiger partial charge in [0.1, 0.15) is 5.75 Å². The lowest BCUT2D eigenvalue weighted by Gasteiger charge is -2.28. The number of hydrogen-bond donors (Lipinski definition) is 2. The molecule has 0 aliphatic rings. The quantitative estimate of drug-likeness (QED) is 0.552.